The SMILES string of the molecule is C/C=C\Sc1c(Br)cc(C(=O)OC)c(Cl)c1/C=C\C. The summed E-state index contributed by atoms with van der Waals surface area (Å²) in [4.78, 5) is 12.7. The van der Waals surface area contributed by atoms with Gasteiger partial charge in [0.1, 0.15) is 0 Å². The molecule has 0 heterocycles. The van der Waals surface area contributed by atoms with Gasteiger partial charge in [0, 0.05) is 14.9 Å². The number of carbonyl (C=O) groups is 1. The molecule has 0 aliphatic heterocycles. The molecule has 102 valence electrons. The molecule has 0 aliphatic rings. The van der Waals surface area contributed by atoms with E-state index in [4.69, 9.17) is 16.3 Å². The van der Waals surface area contributed by atoms with E-state index in [1.807, 2.05) is 37.5 Å². The first-order chi connectivity index (χ1) is 9.06. The van der Waals surface area contributed by atoms with Gasteiger partial charge in [0.2, 0.25) is 0 Å². The molecule has 0 spiro atoms. The second kappa shape index (κ2) is 7.78. The number of halogens is 2. The maximum atomic E-state index is 11.7. The molecule has 0 bridgehead atoms. The van der Waals surface area contributed by atoms with E-state index in [-0.39, 0.29) is 0 Å². The topological polar surface area (TPSA) is 26.3 Å². The van der Waals surface area contributed by atoms with Crippen molar-refractivity contribution >= 4 is 51.3 Å². The normalized spacial score (nSPS) is 11.4. The van der Waals surface area contributed by atoms with Crippen molar-refractivity contribution in [2.45, 2.75) is 18.7 Å². The maximum Gasteiger partial charge on any atom is 0.339 e. The molecule has 1 aromatic rings. The lowest BCUT2D eigenvalue weighted by Gasteiger charge is -2.12. The zero-order valence-electron chi connectivity index (χ0n) is 10.9. The third-order valence-electron chi connectivity index (χ3n) is 2.27. The zero-order chi connectivity index (χ0) is 14.4. The average molecular weight is 362 g/mol. The van der Waals surface area contributed by atoms with Crippen LogP contribution in [-0.4, -0.2) is 13.1 Å². The Morgan fingerprint density at radius 3 is 2.63 bits per heavy atom. The van der Waals surface area contributed by atoms with Gasteiger partial charge in [0.25, 0.3) is 0 Å². The molecule has 0 fully saturated rings. The second-order valence-electron chi connectivity index (χ2n) is 3.54. The summed E-state index contributed by atoms with van der Waals surface area (Å²) in [5.74, 6) is -0.445. The second-order valence-corrected chi connectivity index (χ2v) is 5.69. The number of allylic oxidation sites excluding steroid dienone is 2. The molecule has 0 aromatic heterocycles. The van der Waals surface area contributed by atoms with Gasteiger partial charge in [-0.2, -0.15) is 0 Å². The smallest absolute Gasteiger partial charge is 0.339 e. The third kappa shape index (κ3) is 3.88. The summed E-state index contributed by atoms with van der Waals surface area (Å²) in [6.45, 7) is 3.85. The first-order valence-electron chi connectivity index (χ1n) is 5.57. The van der Waals surface area contributed by atoms with Crippen molar-refractivity contribution in [1.29, 1.82) is 0 Å². The van der Waals surface area contributed by atoms with Crippen LogP contribution in [0.25, 0.3) is 6.08 Å². The largest absolute Gasteiger partial charge is 0.465 e. The molecule has 0 saturated heterocycles. The van der Waals surface area contributed by atoms with Crippen molar-refractivity contribution in [1.82, 2.24) is 0 Å². The molecule has 0 N–H and O–H groups in total. The highest BCUT2D eigenvalue weighted by Crippen LogP contribution is 2.39. The predicted molar refractivity (Wildman–Crippen MR) is 85.9 cm³/mol. The van der Waals surface area contributed by atoms with Crippen LogP contribution in [0.2, 0.25) is 5.02 Å². The molecular formula is C14H14BrClO2S. The zero-order valence-corrected chi connectivity index (χ0v) is 14.0. The molecule has 1 rings (SSSR count). The molecule has 0 amide bonds. The lowest BCUT2D eigenvalue weighted by Crippen LogP contribution is -2.04. The van der Waals surface area contributed by atoms with Gasteiger partial charge in [-0.25, -0.2) is 4.79 Å². The Kier molecular flexibility index (Phi) is 6.69. The van der Waals surface area contributed by atoms with Gasteiger partial charge in [0.05, 0.1) is 17.7 Å². The minimum Gasteiger partial charge on any atom is -0.465 e. The fourth-order valence-electron chi connectivity index (χ4n) is 1.46. The van der Waals surface area contributed by atoms with Crippen LogP contribution in [-0.2, 0) is 4.74 Å². The van der Waals surface area contributed by atoms with Gasteiger partial charge in [-0.1, -0.05) is 41.6 Å². The number of esters is 1. The van der Waals surface area contributed by atoms with Crippen LogP contribution < -0.4 is 0 Å². The molecule has 5 heteroatoms. The molecule has 0 radical (unpaired) electrons. The van der Waals surface area contributed by atoms with E-state index in [0.717, 1.165) is 14.9 Å². The molecule has 0 atom stereocenters. The molecule has 0 saturated carbocycles. The Morgan fingerprint density at radius 2 is 2.11 bits per heavy atom. The van der Waals surface area contributed by atoms with Crippen LogP contribution in [0, 0.1) is 0 Å². The Labute approximate surface area is 131 Å². The molecule has 2 nitrogen and oxygen atoms in total. The first-order valence-corrected chi connectivity index (χ1v) is 7.62. The molecule has 0 unspecified atom stereocenters. The highest BCUT2D eigenvalue weighted by Gasteiger charge is 2.18. The van der Waals surface area contributed by atoms with E-state index in [1.54, 1.807) is 17.8 Å². The molecule has 0 aliphatic carbocycles. The van der Waals surface area contributed by atoms with E-state index in [0.29, 0.717) is 10.6 Å². The van der Waals surface area contributed by atoms with Crippen LogP contribution in [0.5, 0.6) is 0 Å². The minimum atomic E-state index is -0.445. The van der Waals surface area contributed by atoms with Crippen LogP contribution in [0.4, 0.5) is 0 Å². The van der Waals surface area contributed by atoms with E-state index >= 15 is 0 Å². The first kappa shape index (κ1) is 16.3. The van der Waals surface area contributed by atoms with E-state index < -0.39 is 5.97 Å². The Bertz CT molecular complexity index is 539. The van der Waals surface area contributed by atoms with Crippen LogP contribution in [0.15, 0.2) is 33.0 Å². The minimum absolute atomic E-state index is 0.356. The summed E-state index contributed by atoms with van der Waals surface area (Å²) in [5.41, 5.74) is 1.16. The lowest BCUT2D eigenvalue weighted by atomic mass is 10.1. The van der Waals surface area contributed by atoms with Gasteiger partial charge in [-0.3, -0.25) is 0 Å². The Hall–Kier alpha value is -0.710. The lowest BCUT2D eigenvalue weighted by molar-refractivity contribution is 0.0600. The number of rotatable bonds is 4. The quantitative estimate of drug-likeness (QED) is 0.519. The summed E-state index contributed by atoms with van der Waals surface area (Å²) in [7, 11) is 1.34. The monoisotopic (exact) mass is 360 g/mol. The fourth-order valence-corrected chi connectivity index (χ4v) is 3.27. The summed E-state index contributed by atoms with van der Waals surface area (Å²) >= 11 is 11.3. The molecule has 19 heavy (non-hydrogen) atoms. The fraction of sp³-hybridized carbons (Fsp3) is 0.214. The number of carbonyl (C=O) groups excluding carboxylic acids is 1. The van der Waals surface area contributed by atoms with Crippen molar-refractivity contribution < 1.29 is 9.53 Å². The summed E-state index contributed by atoms with van der Waals surface area (Å²) in [6, 6.07) is 1.69. The number of hydrogen-bond donors (Lipinski definition) is 0. The van der Waals surface area contributed by atoms with Crippen molar-refractivity contribution in [3.05, 3.63) is 44.2 Å². The van der Waals surface area contributed by atoms with Crippen LogP contribution in [0.3, 0.4) is 0 Å². The van der Waals surface area contributed by atoms with Crippen molar-refractivity contribution in [2.24, 2.45) is 0 Å². The van der Waals surface area contributed by atoms with Crippen molar-refractivity contribution in [2.75, 3.05) is 7.11 Å². The average Bonchev–Trinajstić information content (AvgIpc) is 2.41. The molecular weight excluding hydrogens is 348 g/mol. The number of methoxy groups -OCH3 is 1. The van der Waals surface area contributed by atoms with E-state index in [9.17, 15) is 4.79 Å². The van der Waals surface area contributed by atoms with Gasteiger partial charge in [0.15, 0.2) is 0 Å². The van der Waals surface area contributed by atoms with Gasteiger partial charge in [-0.05, 0) is 41.3 Å². The van der Waals surface area contributed by atoms with Crippen molar-refractivity contribution in [3.8, 4) is 0 Å². The van der Waals surface area contributed by atoms with E-state index in [2.05, 4.69) is 15.9 Å². The number of ether oxygens (including phenoxy) is 1. The third-order valence-corrected chi connectivity index (χ3v) is 4.65. The predicted octanol–water partition coefficient (Wildman–Crippen LogP) is 5.55. The number of benzene rings is 1. The maximum absolute atomic E-state index is 11.7. The molecule has 1 aromatic carbocycles. The standard InChI is InChI=1S/C14H14BrClO2S/c1-4-6-9-12(16)10(14(17)18-3)8-11(15)13(9)19-7-5-2/h4-8H,1-3H3/b6-4-,7-5-. The highest BCUT2D eigenvalue weighted by atomic mass is 79.9. The van der Waals surface area contributed by atoms with Gasteiger partial charge < -0.3 is 4.74 Å². The summed E-state index contributed by atoms with van der Waals surface area (Å²) in [5, 5.41) is 2.36. The van der Waals surface area contributed by atoms with Gasteiger partial charge in [-0.15, -0.1) is 0 Å². The highest BCUT2D eigenvalue weighted by molar-refractivity contribution is 9.10. The van der Waals surface area contributed by atoms with Gasteiger partial charge >= 0.3 is 5.97 Å². The van der Waals surface area contributed by atoms with Crippen LogP contribution >= 0.6 is 39.3 Å². The Balaban J connectivity index is 3.49. The summed E-state index contributed by atoms with van der Waals surface area (Å²) in [6.07, 6.45) is 5.71. The Morgan fingerprint density at radius 1 is 1.42 bits per heavy atom. The van der Waals surface area contributed by atoms with Crippen LogP contribution in [0.1, 0.15) is 29.8 Å². The number of hydrogen-bond acceptors (Lipinski definition) is 3. The number of thioether (sulfide) groups is 1. The van der Waals surface area contributed by atoms with E-state index in [1.165, 1.54) is 7.11 Å². The summed E-state index contributed by atoms with van der Waals surface area (Å²) < 4.78 is 5.55. The van der Waals surface area contributed by atoms with Crippen molar-refractivity contribution in [3.63, 3.8) is 0 Å².